The van der Waals surface area contributed by atoms with Crippen molar-refractivity contribution in [2.45, 2.75) is 12.5 Å². The average Bonchev–Trinajstić information content (AvgIpc) is 2.46. The second kappa shape index (κ2) is 5.91. The number of hydrogen-bond donors (Lipinski definition) is 2. The predicted octanol–water partition coefficient (Wildman–Crippen LogP) is 2.93. The molecule has 0 spiro atoms. The summed E-state index contributed by atoms with van der Waals surface area (Å²) >= 11 is 5.93. The topological polar surface area (TPSA) is 68.9 Å². The van der Waals surface area contributed by atoms with Crippen LogP contribution in [0, 0.1) is 11.3 Å². The van der Waals surface area contributed by atoms with Gasteiger partial charge in [-0.3, -0.25) is 0 Å². The van der Waals surface area contributed by atoms with Crippen molar-refractivity contribution >= 4 is 17.4 Å². The first-order valence-corrected chi connectivity index (χ1v) is 6.47. The lowest BCUT2D eigenvalue weighted by Gasteiger charge is -2.24. The Morgan fingerprint density at radius 3 is 2.80 bits per heavy atom. The first kappa shape index (κ1) is 14.3. The molecule has 1 heterocycles. The first-order valence-electron chi connectivity index (χ1n) is 6.10. The third kappa shape index (κ3) is 3.47. The van der Waals surface area contributed by atoms with E-state index in [0.717, 1.165) is 5.56 Å². The van der Waals surface area contributed by atoms with Gasteiger partial charge in [0.2, 0.25) is 0 Å². The highest BCUT2D eigenvalue weighted by atomic mass is 35.5. The summed E-state index contributed by atoms with van der Waals surface area (Å²) in [4.78, 5) is 4.09. The zero-order valence-electron chi connectivity index (χ0n) is 11.0. The zero-order chi connectivity index (χ0) is 14.6. The van der Waals surface area contributed by atoms with Gasteiger partial charge in [0, 0.05) is 17.8 Å². The molecule has 0 bridgehead atoms. The highest BCUT2D eigenvalue weighted by molar-refractivity contribution is 6.30. The Balaban J connectivity index is 2.06. The normalized spacial score (nSPS) is 13.3. The highest BCUT2D eigenvalue weighted by Gasteiger charge is 2.23. The summed E-state index contributed by atoms with van der Waals surface area (Å²) in [5.74, 6) is 0.603. The van der Waals surface area contributed by atoms with Crippen molar-refractivity contribution in [3.05, 3.63) is 58.7 Å². The Labute approximate surface area is 122 Å². The molecule has 1 unspecified atom stereocenters. The second-order valence-electron chi connectivity index (χ2n) is 4.68. The summed E-state index contributed by atoms with van der Waals surface area (Å²) in [5, 5.41) is 22.8. The Bertz CT molecular complexity index is 632. The number of nitrogens with zero attached hydrogens (tertiary/aromatic N) is 2. The lowest BCUT2D eigenvalue weighted by molar-refractivity contribution is 0.0714. The van der Waals surface area contributed by atoms with Crippen LogP contribution in [0.3, 0.4) is 0 Å². The van der Waals surface area contributed by atoms with Gasteiger partial charge in [-0.15, -0.1) is 0 Å². The van der Waals surface area contributed by atoms with E-state index in [1.807, 2.05) is 12.1 Å². The monoisotopic (exact) mass is 287 g/mol. The van der Waals surface area contributed by atoms with Crippen LogP contribution in [0.25, 0.3) is 0 Å². The standard InChI is InChI=1S/C15H14ClN3O/c1-15(20,12-3-2-4-13(16)7-12)10-19-14-6-5-11(8-17)9-18-14/h2-7,9,20H,10H2,1H3,(H,18,19). The number of benzene rings is 1. The Kier molecular flexibility index (Phi) is 4.23. The van der Waals surface area contributed by atoms with Crippen LogP contribution < -0.4 is 5.32 Å². The van der Waals surface area contributed by atoms with Gasteiger partial charge in [-0.1, -0.05) is 23.7 Å². The van der Waals surface area contributed by atoms with Gasteiger partial charge in [0.15, 0.2) is 0 Å². The van der Waals surface area contributed by atoms with Crippen molar-refractivity contribution in [2.24, 2.45) is 0 Å². The molecule has 5 heteroatoms. The molecule has 4 nitrogen and oxygen atoms in total. The molecule has 0 radical (unpaired) electrons. The fourth-order valence-corrected chi connectivity index (χ4v) is 1.94. The van der Waals surface area contributed by atoms with Gasteiger partial charge in [-0.2, -0.15) is 5.26 Å². The molecule has 2 N–H and O–H groups in total. The molecule has 1 aromatic carbocycles. The van der Waals surface area contributed by atoms with Gasteiger partial charge in [-0.25, -0.2) is 4.98 Å². The largest absolute Gasteiger partial charge is 0.384 e. The summed E-state index contributed by atoms with van der Waals surface area (Å²) in [6.07, 6.45) is 1.48. The van der Waals surface area contributed by atoms with Crippen LogP contribution in [0.15, 0.2) is 42.6 Å². The molecule has 0 amide bonds. The van der Waals surface area contributed by atoms with E-state index >= 15 is 0 Å². The third-order valence-corrected chi connectivity index (χ3v) is 3.19. The highest BCUT2D eigenvalue weighted by Crippen LogP contribution is 2.23. The zero-order valence-corrected chi connectivity index (χ0v) is 11.7. The molecule has 0 fully saturated rings. The molecule has 0 saturated carbocycles. The molecular formula is C15H14ClN3O. The van der Waals surface area contributed by atoms with Gasteiger partial charge in [0.25, 0.3) is 0 Å². The van der Waals surface area contributed by atoms with Gasteiger partial charge < -0.3 is 10.4 Å². The first-order chi connectivity index (χ1) is 9.51. The fourth-order valence-electron chi connectivity index (χ4n) is 1.75. The minimum absolute atomic E-state index is 0.284. The number of aromatic nitrogens is 1. The lowest BCUT2D eigenvalue weighted by Crippen LogP contribution is -2.30. The molecule has 0 aliphatic carbocycles. The molecule has 0 aliphatic heterocycles. The van der Waals surface area contributed by atoms with Crippen molar-refractivity contribution in [2.75, 3.05) is 11.9 Å². The van der Waals surface area contributed by atoms with Crippen LogP contribution in [0.5, 0.6) is 0 Å². The van der Waals surface area contributed by atoms with Crippen LogP contribution in [0.2, 0.25) is 5.02 Å². The van der Waals surface area contributed by atoms with Gasteiger partial charge in [0.1, 0.15) is 17.5 Å². The minimum atomic E-state index is -1.07. The number of anilines is 1. The summed E-state index contributed by atoms with van der Waals surface area (Å²) in [6, 6.07) is 12.5. The van der Waals surface area contributed by atoms with Crippen molar-refractivity contribution in [1.29, 1.82) is 5.26 Å². The lowest BCUT2D eigenvalue weighted by atomic mass is 9.96. The minimum Gasteiger partial charge on any atom is -0.384 e. The number of halogens is 1. The Hall–Kier alpha value is -2.09. The summed E-state index contributed by atoms with van der Waals surface area (Å²) < 4.78 is 0. The molecular weight excluding hydrogens is 274 g/mol. The maximum atomic E-state index is 10.5. The smallest absolute Gasteiger partial charge is 0.126 e. The van der Waals surface area contributed by atoms with E-state index in [1.165, 1.54) is 6.20 Å². The van der Waals surface area contributed by atoms with Crippen molar-refractivity contribution < 1.29 is 5.11 Å². The predicted molar refractivity (Wildman–Crippen MR) is 78.5 cm³/mol. The Morgan fingerprint density at radius 1 is 1.40 bits per heavy atom. The van der Waals surface area contributed by atoms with Crippen LogP contribution in [-0.4, -0.2) is 16.6 Å². The van der Waals surface area contributed by atoms with Gasteiger partial charge >= 0.3 is 0 Å². The third-order valence-electron chi connectivity index (χ3n) is 2.95. The number of nitrogens with one attached hydrogen (secondary N) is 1. The number of hydrogen-bond acceptors (Lipinski definition) is 4. The molecule has 0 saturated heterocycles. The van der Waals surface area contributed by atoms with Crippen molar-refractivity contribution in [3.8, 4) is 6.07 Å². The maximum absolute atomic E-state index is 10.5. The van der Waals surface area contributed by atoms with E-state index in [4.69, 9.17) is 16.9 Å². The number of rotatable bonds is 4. The van der Waals surface area contributed by atoms with Gasteiger partial charge in [0.05, 0.1) is 5.56 Å². The van der Waals surface area contributed by atoms with Crippen LogP contribution in [0.4, 0.5) is 5.82 Å². The van der Waals surface area contributed by atoms with Gasteiger partial charge in [-0.05, 0) is 36.8 Å². The molecule has 20 heavy (non-hydrogen) atoms. The fraction of sp³-hybridized carbons (Fsp3) is 0.200. The van der Waals surface area contributed by atoms with E-state index in [9.17, 15) is 5.11 Å². The van der Waals surface area contributed by atoms with Crippen molar-refractivity contribution in [3.63, 3.8) is 0 Å². The Morgan fingerprint density at radius 2 is 2.20 bits per heavy atom. The molecule has 2 aromatic rings. The number of nitriles is 1. The molecule has 0 aliphatic rings. The van der Waals surface area contributed by atoms with E-state index in [1.54, 1.807) is 37.3 Å². The molecule has 1 atom stereocenters. The maximum Gasteiger partial charge on any atom is 0.126 e. The summed E-state index contributed by atoms with van der Waals surface area (Å²) in [7, 11) is 0. The molecule has 102 valence electrons. The van der Waals surface area contributed by atoms with E-state index in [-0.39, 0.29) is 6.54 Å². The second-order valence-corrected chi connectivity index (χ2v) is 5.12. The van der Waals surface area contributed by atoms with Crippen LogP contribution >= 0.6 is 11.6 Å². The van der Waals surface area contributed by atoms with Crippen LogP contribution in [-0.2, 0) is 5.60 Å². The van der Waals surface area contributed by atoms with E-state index < -0.39 is 5.60 Å². The SMILES string of the molecule is CC(O)(CNc1ccc(C#N)cn1)c1cccc(Cl)c1. The van der Waals surface area contributed by atoms with Crippen LogP contribution in [0.1, 0.15) is 18.1 Å². The van der Waals surface area contributed by atoms with Crippen molar-refractivity contribution in [1.82, 2.24) is 4.98 Å². The number of aliphatic hydroxyl groups is 1. The summed E-state index contributed by atoms with van der Waals surface area (Å²) in [6.45, 7) is 1.99. The van der Waals surface area contributed by atoms with E-state index in [2.05, 4.69) is 10.3 Å². The quantitative estimate of drug-likeness (QED) is 0.907. The average molecular weight is 288 g/mol. The molecule has 1 aromatic heterocycles. The van der Waals surface area contributed by atoms with E-state index in [0.29, 0.717) is 16.4 Å². The number of pyridine rings is 1. The summed E-state index contributed by atoms with van der Waals surface area (Å²) in [5.41, 5.74) is 0.156. The molecule has 2 rings (SSSR count).